The van der Waals surface area contributed by atoms with Crippen molar-refractivity contribution in [2.75, 3.05) is 19.0 Å². The zero-order chi connectivity index (χ0) is 20.0. The number of carbonyl (C=O) groups is 2. The molecule has 2 N–H and O–H groups in total. The maximum Gasteiger partial charge on any atom is 0.239 e. The first-order chi connectivity index (χ1) is 12.8. The summed E-state index contributed by atoms with van der Waals surface area (Å²) < 4.78 is 5.32. The summed E-state index contributed by atoms with van der Waals surface area (Å²) in [6.07, 6.45) is 0.629. The van der Waals surface area contributed by atoms with Crippen molar-refractivity contribution in [3.8, 4) is 5.75 Å². The molecular formula is C22H28N2O3. The molecular weight excluding hydrogens is 340 g/mol. The van der Waals surface area contributed by atoms with Crippen molar-refractivity contribution >= 4 is 17.5 Å². The first-order valence-corrected chi connectivity index (χ1v) is 9.04. The Bertz CT molecular complexity index is 828. The van der Waals surface area contributed by atoms with Crippen molar-refractivity contribution in [2.45, 2.75) is 34.1 Å². The van der Waals surface area contributed by atoms with E-state index in [1.54, 1.807) is 21.0 Å². The molecule has 0 spiro atoms. The molecule has 2 amide bonds. The third-order valence-corrected chi connectivity index (χ3v) is 4.65. The molecule has 0 fully saturated rings. The van der Waals surface area contributed by atoms with Gasteiger partial charge in [-0.2, -0.15) is 0 Å². The first-order valence-electron chi connectivity index (χ1n) is 9.04. The minimum absolute atomic E-state index is 0.305. The summed E-state index contributed by atoms with van der Waals surface area (Å²) in [5.41, 5.74) is 2.57. The number of benzene rings is 2. The predicted octanol–water partition coefficient (Wildman–Crippen LogP) is 3.64. The molecule has 0 saturated heterocycles. The fourth-order valence-electron chi connectivity index (χ4n) is 2.69. The lowest BCUT2D eigenvalue weighted by atomic mass is 9.90. The number of para-hydroxylation sites is 1. The highest BCUT2D eigenvalue weighted by Crippen LogP contribution is 2.22. The molecule has 0 bridgehead atoms. The van der Waals surface area contributed by atoms with Gasteiger partial charge in [0.2, 0.25) is 11.8 Å². The molecule has 5 nitrogen and oxygen atoms in total. The van der Waals surface area contributed by atoms with Crippen LogP contribution in [0.25, 0.3) is 0 Å². The van der Waals surface area contributed by atoms with E-state index in [-0.39, 0.29) is 11.8 Å². The number of amides is 2. The number of hydrogen-bond donors (Lipinski definition) is 2. The topological polar surface area (TPSA) is 67.4 Å². The van der Waals surface area contributed by atoms with Crippen LogP contribution in [-0.2, 0) is 16.0 Å². The molecule has 0 radical (unpaired) electrons. The van der Waals surface area contributed by atoms with Crippen LogP contribution in [0.4, 0.5) is 5.69 Å². The number of carbonyl (C=O) groups excluding carboxylic acids is 2. The summed E-state index contributed by atoms with van der Waals surface area (Å²) in [7, 11) is 1.62. The van der Waals surface area contributed by atoms with Crippen molar-refractivity contribution in [1.82, 2.24) is 5.32 Å². The molecule has 0 unspecified atom stereocenters. The van der Waals surface area contributed by atoms with Crippen molar-refractivity contribution in [1.29, 1.82) is 0 Å². The minimum atomic E-state index is -1.18. The second-order valence-corrected chi connectivity index (χ2v) is 7.22. The van der Waals surface area contributed by atoms with Crippen molar-refractivity contribution in [3.63, 3.8) is 0 Å². The minimum Gasteiger partial charge on any atom is -0.496 e. The van der Waals surface area contributed by atoms with Gasteiger partial charge in [-0.3, -0.25) is 9.59 Å². The van der Waals surface area contributed by atoms with Crippen molar-refractivity contribution in [2.24, 2.45) is 5.41 Å². The zero-order valence-corrected chi connectivity index (χ0v) is 16.7. The van der Waals surface area contributed by atoms with E-state index in [4.69, 9.17) is 4.74 Å². The van der Waals surface area contributed by atoms with Crippen molar-refractivity contribution in [3.05, 3.63) is 59.2 Å². The smallest absolute Gasteiger partial charge is 0.239 e. The number of hydrogen-bond acceptors (Lipinski definition) is 3. The van der Waals surface area contributed by atoms with Gasteiger partial charge in [0.15, 0.2) is 0 Å². The fourth-order valence-corrected chi connectivity index (χ4v) is 2.69. The van der Waals surface area contributed by atoms with Gasteiger partial charge in [-0.15, -0.1) is 0 Å². The summed E-state index contributed by atoms with van der Waals surface area (Å²) in [5, 5.41) is 5.74. The number of anilines is 1. The van der Waals surface area contributed by atoms with Crippen LogP contribution in [0.15, 0.2) is 42.5 Å². The van der Waals surface area contributed by atoms with E-state index in [0.717, 1.165) is 28.1 Å². The predicted molar refractivity (Wildman–Crippen MR) is 108 cm³/mol. The zero-order valence-electron chi connectivity index (χ0n) is 16.7. The number of methoxy groups -OCH3 is 1. The van der Waals surface area contributed by atoms with Gasteiger partial charge in [0.05, 0.1) is 7.11 Å². The molecule has 0 aliphatic rings. The molecule has 0 aliphatic carbocycles. The van der Waals surface area contributed by atoms with Gasteiger partial charge in [0, 0.05) is 12.2 Å². The van der Waals surface area contributed by atoms with E-state index in [1.807, 2.05) is 56.3 Å². The van der Waals surface area contributed by atoms with E-state index in [0.29, 0.717) is 13.0 Å². The molecule has 0 saturated carbocycles. The SMILES string of the molecule is COc1ccccc1CCNC(=O)C(C)(C)C(=O)Nc1cc(C)ccc1C. The molecule has 2 aromatic carbocycles. The van der Waals surface area contributed by atoms with Crippen LogP contribution in [0.2, 0.25) is 0 Å². The quantitative estimate of drug-likeness (QED) is 0.733. The molecule has 27 heavy (non-hydrogen) atoms. The molecule has 0 atom stereocenters. The number of nitrogens with one attached hydrogen (secondary N) is 2. The Hall–Kier alpha value is -2.82. The molecule has 0 aliphatic heterocycles. The van der Waals surface area contributed by atoms with Gasteiger partial charge in [0.25, 0.3) is 0 Å². The summed E-state index contributed by atoms with van der Waals surface area (Å²) in [6.45, 7) is 7.58. The van der Waals surface area contributed by atoms with Gasteiger partial charge >= 0.3 is 0 Å². The highest BCUT2D eigenvalue weighted by atomic mass is 16.5. The van der Waals surface area contributed by atoms with Gasteiger partial charge in [-0.05, 0) is 62.9 Å². The Labute approximate surface area is 161 Å². The Balaban J connectivity index is 1.97. The second-order valence-electron chi connectivity index (χ2n) is 7.22. The van der Waals surface area contributed by atoms with Gasteiger partial charge in [-0.25, -0.2) is 0 Å². The molecule has 144 valence electrons. The highest BCUT2D eigenvalue weighted by Gasteiger charge is 2.36. The number of aryl methyl sites for hydroxylation is 2. The summed E-state index contributed by atoms with van der Waals surface area (Å²) in [6, 6.07) is 13.5. The van der Waals surface area contributed by atoms with E-state index in [2.05, 4.69) is 10.6 Å². The maximum absolute atomic E-state index is 12.7. The van der Waals surface area contributed by atoms with Crippen LogP contribution in [-0.4, -0.2) is 25.5 Å². The van der Waals surface area contributed by atoms with E-state index in [9.17, 15) is 9.59 Å². The first kappa shape index (κ1) is 20.5. The lowest BCUT2D eigenvalue weighted by Crippen LogP contribution is -2.45. The standard InChI is InChI=1S/C22H28N2O3/c1-15-10-11-16(2)18(14-15)24-21(26)22(3,4)20(25)23-13-12-17-8-6-7-9-19(17)27-5/h6-11,14H,12-13H2,1-5H3,(H,23,25)(H,24,26). The lowest BCUT2D eigenvalue weighted by Gasteiger charge is -2.23. The Morgan fingerprint density at radius 1 is 1.04 bits per heavy atom. The Morgan fingerprint density at radius 3 is 2.44 bits per heavy atom. The Kier molecular flexibility index (Phi) is 6.61. The molecule has 5 heteroatoms. The molecule has 0 heterocycles. The molecule has 2 rings (SSSR count). The average molecular weight is 368 g/mol. The summed E-state index contributed by atoms with van der Waals surface area (Å²) >= 11 is 0. The van der Waals surface area contributed by atoms with Crippen LogP contribution >= 0.6 is 0 Å². The average Bonchev–Trinajstić information content (AvgIpc) is 2.64. The summed E-state index contributed by atoms with van der Waals surface area (Å²) in [4.78, 5) is 25.3. The molecule has 2 aromatic rings. The van der Waals surface area contributed by atoms with Crippen LogP contribution in [0.5, 0.6) is 5.75 Å². The van der Waals surface area contributed by atoms with E-state index in [1.165, 1.54) is 0 Å². The van der Waals surface area contributed by atoms with Crippen LogP contribution in [0.1, 0.15) is 30.5 Å². The number of ether oxygens (including phenoxy) is 1. The number of rotatable bonds is 7. The van der Waals surface area contributed by atoms with Crippen LogP contribution in [0.3, 0.4) is 0 Å². The Morgan fingerprint density at radius 2 is 1.74 bits per heavy atom. The largest absolute Gasteiger partial charge is 0.496 e. The van der Waals surface area contributed by atoms with E-state index < -0.39 is 5.41 Å². The van der Waals surface area contributed by atoms with Gasteiger partial charge in [0.1, 0.15) is 11.2 Å². The summed E-state index contributed by atoms with van der Waals surface area (Å²) in [5.74, 6) is 0.157. The molecule has 0 aromatic heterocycles. The second kappa shape index (κ2) is 8.71. The van der Waals surface area contributed by atoms with Crippen LogP contribution in [0, 0.1) is 19.3 Å². The third-order valence-electron chi connectivity index (χ3n) is 4.65. The lowest BCUT2D eigenvalue weighted by molar-refractivity contribution is -0.138. The van der Waals surface area contributed by atoms with E-state index >= 15 is 0 Å². The van der Waals surface area contributed by atoms with Gasteiger partial charge in [-0.1, -0.05) is 30.3 Å². The normalized spacial score (nSPS) is 11.0. The maximum atomic E-state index is 12.7. The van der Waals surface area contributed by atoms with Gasteiger partial charge < -0.3 is 15.4 Å². The third kappa shape index (κ3) is 5.09. The fraction of sp³-hybridized carbons (Fsp3) is 0.364. The van der Waals surface area contributed by atoms with Crippen molar-refractivity contribution < 1.29 is 14.3 Å². The highest BCUT2D eigenvalue weighted by molar-refractivity contribution is 6.10. The van der Waals surface area contributed by atoms with Crippen LogP contribution < -0.4 is 15.4 Å². The monoisotopic (exact) mass is 368 g/mol.